The first kappa shape index (κ1) is 21.6. The molecule has 2 aromatic rings. The fourth-order valence-electron chi connectivity index (χ4n) is 3.44. The largest absolute Gasteiger partial charge is 0.486 e. The van der Waals surface area contributed by atoms with Crippen LogP contribution in [0.3, 0.4) is 0 Å². The predicted octanol–water partition coefficient (Wildman–Crippen LogP) is 2.80. The first-order chi connectivity index (χ1) is 14.9. The Bertz CT molecular complexity index is 1130. The maximum atomic E-state index is 13.9. The summed E-state index contributed by atoms with van der Waals surface area (Å²) in [4.78, 5) is 13.7. The molecule has 0 saturated carbocycles. The summed E-state index contributed by atoms with van der Waals surface area (Å²) in [5.74, 6) is -0.0302. The van der Waals surface area contributed by atoms with E-state index in [0.717, 1.165) is 6.07 Å². The lowest BCUT2D eigenvalue weighted by atomic mass is 10.1. The maximum Gasteiger partial charge on any atom is 0.246 e. The second-order valence-corrected chi connectivity index (χ2v) is 9.33. The van der Waals surface area contributed by atoms with Crippen LogP contribution < -0.4 is 9.47 Å². The lowest BCUT2D eigenvalue weighted by Gasteiger charge is -2.33. The average Bonchev–Trinajstić information content (AvgIpc) is 2.78. The summed E-state index contributed by atoms with van der Waals surface area (Å²) in [7, 11) is -3.95. The Balaban J connectivity index is 1.40. The van der Waals surface area contributed by atoms with Crippen LogP contribution in [0.1, 0.15) is 5.56 Å². The van der Waals surface area contributed by atoms with Gasteiger partial charge < -0.3 is 14.4 Å². The van der Waals surface area contributed by atoms with Crippen molar-refractivity contribution in [3.63, 3.8) is 0 Å². The molecule has 0 aliphatic carbocycles. The van der Waals surface area contributed by atoms with Crippen molar-refractivity contribution < 1.29 is 27.1 Å². The van der Waals surface area contributed by atoms with Gasteiger partial charge in [0.05, 0.1) is 5.02 Å². The van der Waals surface area contributed by atoms with Crippen LogP contribution in [0.2, 0.25) is 5.02 Å². The Morgan fingerprint density at radius 3 is 2.52 bits per heavy atom. The molecule has 0 aromatic heterocycles. The Hall–Kier alpha value is -2.62. The van der Waals surface area contributed by atoms with Gasteiger partial charge in [0.1, 0.15) is 23.9 Å². The lowest BCUT2D eigenvalue weighted by molar-refractivity contribution is -0.127. The lowest BCUT2D eigenvalue weighted by Crippen LogP contribution is -2.50. The summed E-state index contributed by atoms with van der Waals surface area (Å²) in [6.45, 7) is 1.45. The second-order valence-electron chi connectivity index (χ2n) is 7.02. The van der Waals surface area contributed by atoms with E-state index in [-0.39, 0.29) is 37.0 Å². The van der Waals surface area contributed by atoms with E-state index in [1.54, 1.807) is 23.1 Å². The molecule has 0 N–H and O–H groups in total. The third-order valence-corrected chi connectivity index (χ3v) is 7.25. The maximum absolute atomic E-state index is 13.9. The van der Waals surface area contributed by atoms with Gasteiger partial charge in [0, 0.05) is 32.3 Å². The zero-order valence-electron chi connectivity index (χ0n) is 16.5. The number of fused-ring (bicyclic) bond motifs is 1. The molecule has 164 valence electrons. The average molecular weight is 467 g/mol. The van der Waals surface area contributed by atoms with E-state index in [0.29, 0.717) is 35.3 Å². The van der Waals surface area contributed by atoms with Crippen LogP contribution in [-0.2, 0) is 14.8 Å². The minimum absolute atomic E-state index is 0.0894. The molecule has 2 aliphatic rings. The molecule has 1 amide bonds. The summed E-state index contributed by atoms with van der Waals surface area (Å²) in [5.41, 5.74) is 0.684. The molecule has 2 heterocycles. The minimum Gasteiger partial charge on any atom is -0.486 e. The molecule has 1 saturated heterocycles. The van der Waals surface area contributed by atoms with Gasteiger partial charge in [-0.15, -0.1) is 0 Å². The van der Waals surface area contributed by atoms with E-state index in [1.165, 1.54) is 28.6 Å². The standard InChI is InChI=1S/C21H20ClFN2O5S/c22-16-13-15(14-18-21(16)30-12-11-29-18)5-6-20(26)24-7-9-25(10-8-24)31(27,28)19-4-2-1-3-17(19)23/h1-6,13-14H,7-12H2/b6-5+. The third-order valence-electron chi connectivity index (χ3n) is 5.04. The zero-order chi connectivity index (χ0) is 22.0. The number of hydrogen-bond acceptors (Lipinski definition) is 5. The molecule has 0 atom stereocenters. The molecule has 31 heavy (non-hydrogen) atoms. The summed E-state index contributed by atoms with van der Waals surface area (Å²) < 4.78 is 51.5. The highest BCUT2D eigenvalue weighted by Gasteiger charge is 2.31. The van der Waals surface area contributed by atoms with Crippen LogP contribution in [0.5, 0.6) is 11.5 Å². The van der Waals surface area contributed by atoms with Crippen molar-refractivity contribution >= 4 is 33.6 Å². The SMILES string of the molecule is O=C(/C=C/c1cc(Cl)c2c(c1)OCCO2)N1CCN(S(=O)(=O)c2ccccc2F)CC1. The summed E-state index contributed by atoms with van der Waals surface area (Å²) in [6, 6.07) is 8.68. The second kappa shape index (κ2) is 8.86. The van der Waals surface area contributed by atoms with Gasteiger partial charge in [-0.3, -0.25) is 4.79 Å². The van der Waals surface area contributed by atoms with E-state index in [2.05, 4.69) is 0 Å². The number of carbonyl (C=O) groups excluding carboxylic acids is 1. The predicted molar refractivity (Wildman–Crippen MR) is 113 cm³/mol. The van der Waals surface area contributed by atoms with E-state index in [9.17, 15) is 17.6 Å². The van der Waals surface area contributed by atoms with Crippen LogP contribution in [-0.4, -0.2) is 62.9 Å². The number of hydrogen-bond donors (Lipinski definition) is 0. The van der Waals surface area contributed by atoms with Crippen LogP contribution in [0, 0.1) is 5.82 Å². The number of ether oxygens (including phenoxy) is 2. The molecule has 2 aliphatic heterocycles. The van der Waals surface area contributed by atoms with Gasteiger partial charge in [-0.05, 0) is 35.9 Å². The third kappa shape index (κ3) is 4.53. The number of carbonyl (C=O) groups is 1. The van der Waals surface area contributed by atoms with Gasteiger partial charge in [-0.2, -0.15) is 4.31 Å². The highest BCUT2D eigenvalue weighted by molar-refractivity contribution is 7.89. The van der Waals surface area contributed by atoms with Crippen LogP contribution in [0.15, 0.2) is 47.4 Å². The van der Waals surface area contributed by atoms with Crippen LogP contribution >= 0.6 is 11.6 Å². The number of nitrogens with zero attached hydrogens (tertiary/aromatic N) is 2. The fraction of sp³-hybridized carbons (Fsp3) is 0.286. The highest BCUT2D eigenvalue weighted by atomic mass is 35.5. The van der Waals surface area contributed by atoms with Crippen molar-refractivity contribution in [1.29, 1.82) is 0 Å². The van der Waals surface area contributed by atoms with E-state index >= 15 is 0 Å². The molecule has 4 rings (SSSR count). The fourth-order valence-corrected chi connectivity index (χ4v) is 5.20. The van der Waals surface area contributed by atoms with Gasteiger partial charge in [0.25, 0.3) is 0 Å². The zero-order valence-corrected chi connectivity index (χ0v) is 18.0. The molecule has 2 aromatic carbocycles. The van der Waals surface area contributed by atoms with Crippen molar-refractivity contribution in [2.75, 3.05) is 39.4 Å². The van der Waals surface area contributed by atoms with Gasteiger partial charge in [0.15, 0.2) is 11.5 Å². The van der Waals surface area contributed by atoms with Gasteiger partial charge in [0.2, 0.25) is 15.9 Å². The highest BCUT2D eigenvalue weighted by Crippen LogP contribution is 2.38. The number of rotatable bonds is 4. The number of benzene rings is 2. The van der Waals surface area contributed by atoms with Gasteiger partial charge in [-0.1, -0.05) is 23.7 Å². The Labute approximate surface area is 184 Å². The molecule has 0 spiro atoms. The van der Waals surface area contributed by atoms with E-state index in [4.69, 9.17) is 21.1 Å². The quantitative estimate of drug-likeness (QED) is 0.648. The molecule has 7 nitrogen and oxygen atoms in total. The normalized spacial score (nSPS) is 17.2. The smallest absolute Gasteiger partial charge is 0.246 e. The van der Waals surface area contributed by atoms with Crippen LogP contribution in [0.4, 0.5) is 4.39 Å². The van der Waals surface area contributed by atoms with Crippen LogP contribution in [0.25, 0.3) is 6.08 Å². The Morgan fingerprint density at radius 2 is 1.77 bits per heavy atom. The molecule has 10 heteroatoms. The van der Waals surface area contributed by atoms with Crippen molar-refractivity contribution in [3.8, 4) is 11.5 Å². The van der Waals surface area contributed by atoms with Crippen molar-refractivity contribution in [3.05, 3.63) is 58.9 Å². The van der Waals surface area contributed by atoms with Crippen molar-refractivity contribution in [2.24, 2.45) is 0 Å². The minimum atomic E-state index is -3.95. The summed E-state index contributed by atoms with van der Waals surface area (Å²) in [6.07, 6.45) is 3.03. The number of sulfonamides is 1. The summed E-state index contributed by atoms with van der Waals surface area (Å²) >= 11 is 6.21. The summed E-state index contributed by atoms with van der Waals surface area (Å²) in [5, 5.41) is 0.399. The van der Waals surface area contributed by atoms with E-state index in [1.807, 2.05) is 0 Å². The van der Waals surface area contributed by atoms with E-state index < -0.39 is 15.8 Å². The number of halogens is 2. The molecular weight excluding hydrogens is 447 g/mol. The first-order valence-electron chi connectivity index (χ1n) is 9.67. The molecule has 0 radical (unpaired) electrons. The molecule has 1 fully saturated rings. The first-order valence-corrected chi connectivity index (χ1v) is 11.5. The number of piperazine rings is 1. The topological polar surface area (TPSA) is 76.2 Å². The van der Waals surface area contributed by atoms with Crippen molar-refractivity contribution in [1.82, 2.24) is 9.21 Å². The Kier molecular flexibility index (Phi) is 6.17. The number of amides is 1. The van der Waals surface area contributed by atoms with Gasteiger partial charge >= 0.3 is 0 Å². The monoisotopic (exact) mass is 466 g/mol. The van der Waals surface area contributed by atoms with Crippen molar-refractivity contribution in [2.45, 2.75) is 4.90 Å². The molecule has 0 bridgehead atoms. The van der Waals surface area contributed by atoms with Gasteiger partial charge in [-0.25, -0.2) is 12.8 Å². The Morgan fingerprint density at radius 1 is 1.06 bits per heavy atom. The molecule has 0 unspecified atom stereocenters. The molecular formula is C21H20ClFN2O5S.